The fourth-order valence-electron chi connectivity index (χ4n) is 7.59. The number of hydrogen-bond donors (Lipinski definition) is 2. The quantitative estimate of drug-likeness (QED) is 0.0917. The molecule has 0 unspecified atom stereocenters. The molecule has 0 saturated heterocycles. The van der Waals surface area contributed by atoms with E-state index in [1.807, 2.05) is 97.8 Å². The molecule has 310 valence electrons. The summed E-state index contributed by atoms with van der Waals surface area (Å²) in [5.74, 6) is 1.25. The first-order chi connectivity index (χ1) is 29.2. The van der Waals surface area contributed by atoms with Gasteiger partial charge in [-0.1, -0.05) is 150 Å². The van der Waals surface area contributed by atoms with Crippen LogP contribution in [0.3, 0.4) is 0 Å². The molecule has 2 heterocycles. The fourth-order valence-corrected chi connectivity index (χ4v) is 9.65. The van der Waals surface area contributed by atoms with Crippen molar-refractivity contribution in [2.45, 2.75) is 36.0 Å². The Bertz CT molecular complexity index is 3110. The Morgan fingerprint density at radius 3 is 1.61 bits per heavy atom. The average molecular weight is 934 g/mol. The highest BCUT2D eigenvalue weighted by atomic mass is 35.5. The molecule has 0 amide bonds. The third-order valence-electron chi connectivity index (χ3n) is 10.3. The van der Waals surface area contributed by atoms with E-state index < -0.39 is 20.2 Å². The van der Waals surface area contributed by atoms with Gasteiger partial charge in [0.25, 0.3) is 26.1 Å². The molecule has 0 radical (unpaired) electrons. The van der Waals surface area contributed by atoms with Gasteiger partial charge in [-0.3, -0.25) is 9.11 Å². The van der Waals surface area contributed by atoms with Gasteiger partial charge < -0.3 is 9.80 Å². The van der Waals surface area contributed by atoms with E-state index in [4.69, 9.17) is 46.4 Å². The van der Waals surface area contributed by atoms with Gasteiger partial charge in [-0.2, -0.15) is 16.8 Å². The third-order valence-corrected chi connectivity index (χ3v) is 13.7. The van der Waals surface area contributed by atoms with E-state index >= 15 is 0 Å². The molecule has 61 heavy (non-hydrogen) atoms. The molecule has 0 aliphatic carbocycles. The number of nitrogens with zero attached hydrogens (tertiary/aromatic N) is 4. The van der Waals surface area contributed by atoms with Crippen LogP contribution in [0.25, 0.3) is 17.1 Å². The maximum absolute atomic E-state index is 12.6. The van der Waals surface area contributed by atoms with Crippen LogP contribution < -0.4 is 14.4 Å². The van der Waals surface area contributed by atoms with Crippen LogP contribution in [0.2, 0.25) is 20.1 Å². The van der Waals surface area contributed by atoms with E-state index in [1.165, 1.54) is 12.1 Å². The lowest BCUT2D eigenvalue weighted by molar-refractivity contribution is -0.665. The summed E-state index contributed by atoms with van der Waals surface area (Å²) >= 11 is 26.6. The topological polar surface area (TPSA) is 124 Å². The molecule has 1 aliphatic rings. The van der Waals surface area contributed by atoms with E-state index in [2.05, 4.69) is 0 Å². The molecule has 0 bridgehead atoms. The van der Waals surface area contributed by atoms with Gasteiger partial charge in [0.15, 0.2) is 11.0 Å². The first kappa shape index (κ1) is 42.5. The van der Waals surface area contributed by atoms with Crippen molar-refractivity contribution in [3.05, 3.63) is 200 Å². The zero-order valence-corrected chi connectivity index (χ0v) is 36.6. The SMILES string of the molecule is O=S(=O)(O)c1ccccc1CN1C(=CC=Cc2n(Cc3ccccc3S(=O)(=O)O)c3cc(Cl)c(Cl)cc3[n+]2Cc2ccccc2)N(Cc2ccccc2)c2cc(Cl)c(Cl)cc21. The van der Waals surface area contributed by atoms with Gasteiger partial charge in [-0.05, 0) is 47.0 Å². The van der Waals surface area contributed by atoms with Crippen molar-refractivity contribution in [3.63, 3.8) is 0 Å². The Kier molecular flexibility index (Phi) is 12.1. The van der Waals surface area contributed by atoms with Gasteiger partial charge >= 0.3 is 0 Å². The summed E-state index contributed by atoms with van der Waals surface area (Å²) in [5, 5.41) is 1.22. The summed E-state index contributed by atoms with van der Waals surface area (Å²) in [6, 6.07) is 39.0. The standard InChI is InChI=1S/C45H34Cl4N4O6S2/c46-34-22-38-40(24-36(34)48)52(28-32-16-7-9-18-42(32)60(54,55)56)44(50(38)26-30-12-3-1-4-13-30)20-11-21-45-51(27-31-14-5-2-6-15-31)39-23-35(47)37(49)25-41(39)53(45)29-33-17-8-10-19-43(33)61(57,58)59/h1-25H,26-29H2,(H-,54,55,56,57,58,59)/p+1. The van der Waals surface area contributed by atoms with Crippen LogP contribution in [-0.4, -0.2) is 30.5 Å². The van der Waals surface area contributed by atoms with Gasteiger partial charge in [0.2, 0.25) is 0 Å². The van der Waals surface area contributed by atoms with Crippen LogP contribution in [0.1, 0.15) is 28.1 Å². The van der Waals surface area contributed by atoms with Gasteiger partial charge in [0.1, 0.15) is 23.8 Å². The van der Waals surface area contributed by atoms with Crippen molar-refractivity contribution in [1.29, 1.82) is 0 Å². The molecule has 6 aromatic carbocycles. The molecule has 16 heteroatoms. The minimum Gasteiger partial charge on any atom is -0.321 e. The predicted molar refractivity (Wildman–Crippen MR) is 242 cm³/mol. The summed E-state index contributed by atoms with van der Waals surface area (Å²) in [4.78, 5) is 3.48. The second-order valence-corrected chi connectivity index (χ2v) is 18.6. The van der Waals surface area contributed by atoms with Crippen molar-refractivity contribution < 1.29 is 30.5 Å². The molecule has 0 fully saturated rings. The van der Waals surface area contributed by atoms with E-state index in [9.17, 15) is 25.9 Å². The normalized spacial score (nSPS) is 13.8. The first-order valence-electron chi connectivity index (χ1n) is 18.7. The summed E-state index contributed by atoms with van der Waals surface area (Å²) in [7, 11) is -9.18. The van der Waals surface area contributed by atoms with Gasteiger partial charge in [0, 0.05) is 30.3 Å². The summed E-state index contributed by atoms with van der Waals surface area (Å²) < 4.78 is 74.8. The molecule has 0 saturated carbocycles. The zero-order valence-electron chi connectivity index (χ0n) is 31.9. The highest BCUT2D eigenvalue weighted by Crippen LogP contribution is 2.47. The molecule has 2 N–H and O–H groups in total. The maximum Gasteiger partial charge on any atom is 0.294 e. The zero-order chi connectivity index (χ0) is 43.1. The minimum atomic E-state index is -4.59. The lowest BCUT2D eigenvalue weighted by Crippen LogP contribution is -2.37. The summed E-state index contributed by atoms with van der Waals surface area (Å²) in [6.45, 7) is 0.812. The van der Waals surface area contributed by atoms with Crippen LogP contribution in [0.5, 0.6) is 0 Å². The van der Waals surface area contributed by atoms with Crippen LogP contribution in [0.15, 0.2) is 161 Å². The Morgan fingerprint density at radius 1 is 0.557 bits per heavy atom. The second kappa shape index (κ2) is 17.3. The van der Waals surface area contributed by atoms with Gasteiger partial charge in [0.05, 0.1) is 42.9 Å². The van der Waals surface area contributed by atoms with E-state index in [1.54, 1.807) is 60.7 Å². The van der Waals surface area contributed by atoms with Crippen molar-refractivity contribution in [2.75, 3.05) is 9.80 Å². The third kappa shape index (κ3) is 8.95. The highest BCUT2D eigenvalue weighted by molar-refractivity contribution is 7.86. The molecule has 1 aromatic heterocycles. The van der Waals surface area contributed by atoms with E-state index in [-0.39, 0.29) is 22.9 Å². The van der Waals surface area contributed by atoms with E-state index in [0.717, 1.165) is 11.1 Å². The van der Waals surface area contributed by atoms with Crippen LogP contribution in [0, 0.1) is 0 Å². The smallest absolute Gasteiger partial charge is 0.294 e. The molecule has 0 atom stereocenters. The number of imidazole rings is 1. The lowest BCUT2D eigenvalue weighted by atomic mass is 10.2. The monoisotopic (exact) mass is 931 g/mol. The Hall–Kier alpha value is -5.15. The summed E-state index contributed by atoms with van der Waals surface area (Å²) in [6.07, 6.45) is 5.59. The number of rotatable bonds is 12. The molecule has 7 aromatic rings. The van der Waals surface area contributed by atoms with Crippen molar-refractivity contribution in [2.24, 2.45) is 0 Å². The Morgan fingerprint density at radius 2 is 1.03 bits per heavy atom. The molecular formula is C45H35Cl4N4O6S2+. The second-order valence-electron chi connectivity index (χ2n) is 14.2. The largest absolute Gasteiger partial charge is 0.321 e. The fraction of sp³-hybridized carbons (Fsp3) is 0.0889. The number of fused-ring (bicyclic) bond motifs is 2. The van der Waals surface area contributed by atoms with Crippen LogP contribution in [0.4, 0.5) is 11.4 Å². The minimum absolute atomic E-state index is 0.0174. The van der Waals surface area contributed by atoms with Gasteiger partial charge in [-0.25, -0.2) is 9.13 Å². The van der Waals surface area contributed by atoms with Crippen molar-refractivity contribution in [1.82, 2.24) is 4.57 Å². The molecule has 0 spiro atoms. The number of halogens is 4. The van der Waals surface area contributed by atoms with E-state index in [0.29, 0.717) is 78.4 Å². The molecule has 1 aliphatic heterocycles. The molecule has 8 rings (SSSR count). The lowest BCUT2D eigenvalue weighted by Gasteiger charge is -2.26. The average Bonchev–Trinajstić information content (AvgIpc) is 3.64. The van der Waals surface area contributed by atoms with Crippen LogP contribution in [-0.2, 0) is 46.4 Å². The Balaban J connectivity index is 1.35. The van der Waals surface area contributed by atoms with Crippen molar-refractivity contribution >= 4 is 95.1 Å². The Labute approximate surface area is 373 Å². The molecular weight excluding hydrogens is 898 g/mol. The number of benzene rings is 6. The molecule has 10 nitrogen and oxygen atoms in total. The number of aromatic nitrogens is 2. The highest BCUT2D eigenvalue weighted by Gasteiger charge is 2.34. The van der Waals surface area contributed by atoms with Crippen LogP contribution >= 0.6 is 46.4 Å². The van der Waals surface area contributed by atoms with Crippen molar-refractivity contribution in [3.8, 4) is 0 Å². The summed E-state index contributed by atoms with van der Waals surface area (Å²) in [5.41, 5.74) is 5.34. The van der Waals surface area contributed by atoms with Gasteiger partial charge in [-0.15, -0.1) is 0 Å². The maximum atomic E-state index is 12.6. The predicted octanol–water partition coefficient (Wildman–Crippen LogP) is 10.7. The number of anilines is 2. The number of hydrogen-bond acceptors (Lipinski definition) is 6. The number of allylic oxidation sites excluding steroid dienone is 2. The first-order valence-corrected chi connectivity index (χ1v) is 23.1.